The second-order valence-corrected chi connectivity index (χ2v) is 8.38. The Morgan fingerprint density at radius 3 is 2.62 bits per heavy atom. The predicted molar refractivity (Wildman–Crippen MR) is 96.2 cm³/mol. The molecule has 0 aromatic heterocycles. The Bertz CT molecular complexity index is 415. The summed E-state index contributed by atoms with van der Waals surface area (Å²) >= 11 is 2.05. The van der Waals surface area contributed by atoms with Crippen molar-refractivity contribution in [1.82, 2.24) is 5.32 Å². The summed E-state index contributed by atoms with van der Waals surface area (Å²) in [6, 6.07) is 12.2. The predicted octanol–water partition coefficient (Wildman–Crippen LogP) is 5.01. The van der Waals surface area contributed by atoms with Crippen molar-refractivity contribution in [1.29, 1.82) is 0 Å². The number of thioether (sulfide) groups is 1. The van der Waals surface area contributed by atoms with Crippen molar-refractivity contribution in [3.05, 3.63) is 35.9 Å². The van der Waals surface area contributed by atoms with Crippen LogP contribution in [0.5, 0.6) is 0 Å². The van der Waals surface area contributed by atoms with Crippen molar-refractivity contribution in [2.75, 3.05) is 6.26 Å². The van der Waals surface area contributed by atoms with E-state index in [9.17, 15) is 0 Å². The van der Waals surface area contributed by atoms with Crippen LogP contribution in [0.2, 0.25) is 0 Å². The van der Waals surface area contributed by atoms with Crippen LogP contribution in [0.1, 0.15) is 58.4 Å². The molecule has 1 aliphatic rings. The molecule has 0 radical (unpaired) electrons. The number of hydrogen-bond acceptors (Lipinski definition) is 2. The molecule has 0 aliphatic heterocycles. The Labute approximate surface area is 135 Å². The molecule has 1 aliphatic carbocycles. The molecule has 1 N–H and O–H groups in total. The first kappa shape index (κ1) is 16.9. The second-order valence-electron chi connectivity index (χ2n) is 7.24. The van der Waals surface area contributed by atoms with Crippen molar-refractivity contribution in [3.8, 4) is 0 Å². The van der Waals surface area contributed by atoms with E-state index in [1.165, 1.54) is 37.7 Å². The van der Waals surface area contributed by atoms with Gasteiger partial charge < -0.3 is 5.32 Å². The molecule has 0 amide bonds. The number of benzene rings is 1. The Morgan fingerprint density at radius 1 is 1.24 bits per heavy atom. The molecule has 1 saturated carbocycles. The lowest BCUT2D eigenvalue weighted by Gasteiger charge is -2.34. The average molecular weight is 306 g/mol. The highest BCUT2D eigenvalue weighted by Gasteiger charge is 2.26. The SMILES string of the molecule is CSC1CCCC(NC(C)CC(C)(C)c2ccccc2)C1. The number of nitrogens with one attached hydrogen (secondary N) is 1. The van der Waals surface area contributed by atoms with E-state index in [0.29, 0.717) is 6.04 Å². The van der Waals surface area contributed by atoms with Crippen LogP contribution in [0.3, 0.4) is 0 Å². The van der Waals surface area contributed by atoms with Crippen LogP contribution < -0.4 is 5.32 Å². The zero-order chi connectivity index (χ0) is 15.3. The fourth-order valence-corrected chi connectivity index (χ4v) is 4.57. The van der Waals surface area contributed by atoms with Gasteiger partial charge in [-0.2, -0.15) is 11.8 Å². The van der Waals surface area contributed by atoms with Crippen molar-refractivity contribution >= 4 is 11.8 Å². The number of hydrogen-bond donors (Lipinski definition) is 1. The summed E-state index contributed by atoms with van der Waals surface area (Å²) < 4.78 is 0. The molecule has 1 aromatic rings. The normalized spacial score (nSPS) is 24.8. The van der Waals surface area contributed by atoms with E-state index in [0.717, 1.165) is 11.3 Å². The van der Waals surface area contributed by atoms with Crippen LogP contribution >= 0.6 is 11.8 Å². The van der Waals surface area contributed by atoms with Crippen LogP contribution in [-0.4, -0.2) is 23.6 Å². The summed E-state index contributed by atoms with van der Waals surface area (Å²) in [6.07, 6.45) is 8.94. The summed E-state index contributed by atoms with van der Waals surface area (Å²) in [5.74, 6) is 0. The van der Waals surface area contributed by atoms with Crippen molar-refractivity contribution < 1.29 is 0 Å². The Balaban J connectivity index is 1.87. The minimum Gasteiger partial charge on any atom is -0.311 e. The molecule has 21 heavy (non-hydrogen) atoms. The molecule has 1 nitrogen and oxygen atoms in total. The highest BCUT2D eigenvalue weighted by atomic mass is 32.2. The van der Waals surface area contributed by atoms with Gasteiger partial charge in [-0.3, -0.25) is 0 Å². The summed E-state index contributed by atoms with van der Waals surface area (Å²) in [7, 11) is 0. The van der Waals surface area contributed by atoms with Gasteiger partial charge in [0, 0.05) is 17.3 Å². The second kappa shape index (κ2) is 7.69. The zero-order valence-electron chi connectivity index (χ0n) is 14.1. The van der Waals surface area contributed by atoms with E-state index in [1.807, 2.05) is 11.8 Å². The van der Waals surface area contributed by atoms with E-state index in [-0.39, 0.29) is 5.41 Å². The van der Waals surface area contributed by atoms with Gasteiger partial charge in [-0.15, -0.1) is 0 Å². The molecule has 1 aromatic carbocycles. The molecular formula is C19H31NS. The van der Waals surface area contributed by atoms with Crippen molar-refractivity contribution in [2.45, 2.75) is 75.6 Å². The van der Waals surface area contributed by atoms with E-state index in [1.54, 1.807) is 0 Å². The summed E-state index contributed by atoms with van der Waals surface area (Å²) in [4.78, 5) is 0. The lowest BCUT2D eigenvalue weighted by molar-refractivity contribution is 0.311. The molecule has 0 bridgehead atoms. The van der Waals surface area contributed by atoms with Crippen LogP contribution in [-0.2, 0) is 5.41 Å². The third-order valence-corrected chi connectivity index (χ3v) is 5.95. The van der Waals surface area contributed by atoms with Crippen LogP contribution in [0, 0.1) is 0 Å². The third-order valence-electron chi connectivity index (χ3n) is 4.85. The summed E-state index contributed by atoms with van der Waals surface area (Å²) in [5.41, 5.74) is 1.69. The fraction of sp³-hybridized carbons (Fsp3) is 0.684. The van der Waals surface area contributed by atoms with Gasteiger partial charge >= 0.3 is 0 Å². The molecule has 0 saturated heterocycles. The standard InChI is InChI=1S/C19H31NS/c1-15(20-17-11-8-12-18(13-17)21-4)14-19(2,3)16-9-6-5-7-10-16/h5-7,9-10,15,17-18,20H,8,11-14H2,1-4H3. The van der Waals surface area contributed by atoms with Crippen LogP contribution in [0.4, 0.5) is 0 Å². The van der Waals surface area contributed by atoms with Crippen molar-refractivity contribution in [3.63, 3.8) is 0 Å². The van der Waals surface area contributed by atoms with E-state index < -0.39 is 0 Å². The van der Waals surface area contributed by atoms with Gasteiger partial charge in [-0.25, -0.2) is 0 Å². The Hall–Kier alpha value is -0.470. The first-order valence-corrected chi connectivity index (χ1v) is 9.64. The molecule has 1 fully saturated rings. The van der Waals surface area contributed by atoms with Crippen LogP contribution in [0.25, 0.3) is 0 Å². The molecular weight excluding hydrogens is 274 g/mol. The van der Waals surface area contributed by atoms with E-state index in [2.05, 4.69) is 62.7 Å². The minimum absolute atomic E-state index is 0.237. The molecule has 3 atom stereocenters. The largest absolute Gasteiger partial charge is 0.311 e. The van der Waals surface area contributed by atoms with Gasteiger partial charge in [0.05, 0.1) is 0 Å². The lowest BCUT2D eigenvalue weighted by Crippen LogP contribution is -2.42. The zero-order valence-corrected chi connectivity index (χ0v) is 14.9. The van der Waals surface area contributed by atoms with Gasteiger partial charge in [-0.05, 0) is 49.8 Å². The van der Waals surface area contributed by atoms with Gasteiger partial charge in [0.25, 0.3) is 0 Å². The molecule has 2 rings (SSSR count). The first-order valence-electron chi connectivity index (χ1n) is 8.35. The van der Waals surface area contributed by atoms with Crippen LogP contribution in [0.15, 0.2) is 30.3 Å². The highest BCUT2D eigenvalue weighted by Crippen LogP contribution is 2.30. The maximum atomic E-state index is 3.90. The minimum atomic E-state index is 0.237. The van der Waals surface area contributed by atoms with E-state index in [4.69, 9.17) is 0 Å². The van der Waals surface area contributed by atoms with Gasteiger partial charge in [0.15, 0.2) is 0 Å². The monoisotopic (exact) mass is 305 g/mol. The van der Waals surface area contributed by atoms with Gasteiger partial charge in [0.1, 0.15) is 0 Å². The van der Waals surface area contributed by atoms with Gasteiger partial charge in [0.2, 0.25) is 0 Å². The maximum Gasteiger partial charge on any atom is 0.00800 e. The Morgan fingerprint density at radius 2 is 1.95 bits per heavy atom. The van der Waals surface area contributed by atoms with Crippen molar-refractivity contribution in [2.24, 2.45) is 0 Å². The fourth-order valence-electron chi connectivity index (χ4n) is 3.74. The topological polar surface area (TPSA) is 12.0 Å². The lowest BCUT2D eigenvalue weighted by atomic mass is 9.79. The quantitative estimate of drug-likeness (QED) is 0.793. The molecule has 118 valence electrons. The van der Waals surface area contributed by atoms with E-state index >= 15 is 0 Å². The molecule has 2 heteroatoms. The first-order chi connectivity index (χ1) is 10.0. The molecule has 0 spiro atoms. The Kier molecular flexibility index (Phi) is 6.19. The average Bonchev–Trinajstić information content (AvgIpc) is 2.47. The molecule has 0 heterocycles. The van der Waals surface area contributed by atoms with Gasteiger partial charge in [-0.1, -0.05) is 50.6 Å². The summed E-state index contributed by atoms with van der Waals surface area (Å²) in [5, 5.41) is 4.76. The smallest absolute Gasteiger partial charge is 0.00800 e. The summed E-state index contributed by atoms with van der Waals surface area (Å²) in [6.45, 7) is 7.09. The molecule has 3 unspecified atom stereocenters. The maximum absolute atomic E-state index is 3.90. The highest BCUT2D eigenvalue weighted by molar-refractivity contribution is 7.99. The third kappa shape index (κ3) is 5.03. The number of rotatable bonds is 6.